The molecular formula is C18H21N3O2. The highest BCUT2D eigenvalue weighted by atomic mass is 16.1. The number of benzene rings is 1. The minimum absolute atomic E-state index is 0.0364. The molecule has 1 saturated carbocycles. The predicted molar refractivity (Wildman–Crippen MR) is 88.4 cm³/mol. The normalized spacial score (nSPS) is 13.8. The molecule has 0 saturated heterocycles. The Morgan fingerprint density at radius 3 is 2.78 bits per heavy atom. The molecule has 2 aromatic rings. The molecule has 3 rings (SSSR count). The van der Waals surface area contributed by atoms with Crippen LogP contribution >= 0.6 is 0 Å². The summed E-state index contributed by atoms with van der Waals surface area (Å²) in [5.74, 6) is 0.475. The number of carbonyl (C=O) groups excluding carboxylic acids is 1. The van der Waals surface area contributed by atoms with Gasteiger partial charge in [-0.2, -0.15) is 5.10 Å². The molecule has 0 radical (unpaired) electrons. The van der Waals surface area contributed by atoms with Crippen molar-refractivity contribution in [3.8, 4) is 0 Å². The SMILES string of the molecule is Cc1ccccc1CC(=O)NCCn1nc(C2CC2)ccc1=O. The molecule has 1 aromatic heterocycles. The molecule has 0 aliphatic heterocycles. The van der Waals surface area contributed by atoms with Crippen molar-refractivity contribution >= 4 is 5.91 Å². The van der Waals surface area contributed by atoms with E-state index < -0.39 is 0 Å². The summed E-state index contributed by atoms with van der Waals surface area (Å²) < 4.78 is 1.45. The van der Waals surface area contributed by atoms with Crippen molar-refractivity contribution in [3.05, 3.63) is 63.6 Å². The molecule has 0 atom stereocenters. The van der Waals surface area contributed by atoms with Crippen molar-refractivity contribution < 1.29 is 4.79 Å². The zero-order valence-electron chi connectivity index (χ0n) is 13.3. The number of hydrogen-bond donors (Lipinski definition) is 1. The zero-order chi connectivity index (χ0) is 16.2. The molecular weight excluding hydrogens is 290 g/mol. The highest BCUT2D eigenvalue weighted by molar-refractivity contribution is 5.78. The highest BCUT2D eigenvalue weighted by Gasteiger charge is 2.25. The van der Waals surface area contributed by atoms with Crippen molar-refractivity contribution in [2.75, 3.05) is 6.54 Å². The molecule has 1 aliphatic rings. The van der Waals surface area contributed by atoms with Gasteiger partial charge >= 0.3 is 0 Å². The van der Waals surface area contributed by atoms with Crippen molar-refractivity contribution in [2.45, 2.75) is 38.6 Å². The van der Waals surface area contributed by atoms with Crippen molar-refractivity contribution in [1.82, 2.24) is 15.1 Å². The summed E-state index contributed by atoms with van der Waals surface area (Å²) in [5.41, 5.74) is 2.99. The standard InChI is InChI=1S/C18H21N3O2/c1-13-4-2-3-5-15(13)12-17(22)19-10-11-21-18(23)9-8-16(20-21)14-6-7-14/h2-5,8-9,14H,6-7,10-12H2,1H3,(H,19,22). The van der Waals surface area contributed by atoms with E-state index in [2.05, 4.69) is 10.4 Å². The number of hydrogen-bond acceptors (Lipinski definition) is 3. The molecule has 0 unspecified atom stereocenters. The Bertz CT molecular complexity index is 763. The lowest BCUT2D eigenvalue weighted by atomic mass is 10.1. The maximum absolute atomic E-state index is 12.0. The molecule has 0 spiro atoms. The van der Waals surface area contributed by atoms with E-state index in [0.29, 0.717) is 25.4 Å². The van der Waals surface area contributed by atoms with E-state index in [-0.39, 0.29) is 11.5 Å². The molecule has 0 bridgehead atoms. The summed E-state index contributed by atoms with van der Waals surface area (Å²) in [6.07, 6.45) is 2.66. The molecule has 1 aromatic carbocycles. The van der Waals surface area contributed by atoms with Crippen LogP contribution in [0.25, 0.3) is 0 Å². The Kier molecular flexibility index (Phi) is 4.55. The molecule has 1 amide bonds. The van der Waals surface area contributed by atoms with Gasteiger partial charge in [0.25, 0.3) is 5.56 Å². The van der Waals surface area contributed by atoms with Gasteiger partial charge in [0.2, 0.25) is 5.91 Å². The number of aryl methyl sites for hydroxylation is 1. The van der Waals surface area contributed by atoms with E-state index in [1.807, 2.05) is 37.3 Å². The molecule has 1 aliphatic carbocycles. The average Bonchev–Trinajstić information content (AvgIpc) is 3.36. The second-order valence-electron chi connectivity index (χ2n) is 6.05. The van der Waals surface area contributed by atoms with Gasteiger partial charge < -0.3 is 5.32 Å². The summed E-state index contributed by atoms with van der Waals surface area (Å²) in [6.45, 7) is 2.81. The van der Waals surface area contributed by atoms with Crippen LogP contribution in [0.1, 0.15) is 35.6 Å². The number of carbonyl (C=O) groups is 1. The van der Waals surface area contributed by atoms with Crippen LogP contribution in [-0.4, -0.2) is 22.2 Å². The molecule has 23 heavy (non-hydrogen) atoms. The number of rotatable bonds is 6. The fourth-order valence-electron chi connectivity index (χ4n) is 2.57. The summed E-state index contributed by atoms with van der Waals surface area (Å²) in [4.78, 5) is 23.8. The first-order valence-corrected chi connectivity index (χ1v) is 8.03. The third-order valence-electron chi connectivity index (χ3n) is 4.14. The Morgan fingerprint density at radius 1 is 1.26 bits per heavy atom. The minimum atomic E-state index is -0.123. The quantitative estimate of drug-likeness (QED) is 0.884. The average molecular weight is 311 g/mol. The van der Waals surface area contributed by atoms with E-state index >= 15 is 0 Å². The van der Waals surface area contributed by atoms with Gasteiger partial charge in [0.1, 0.15) is 0 Å². The smallest absolute Gasteiger partial charge is 0.266 e. The second kappa shape index (κ2) is 6.77. The second-order valence-corrected chi connectivity index (χ2v) is 6.05. The summed E-state index contributed by atoms with van der Waals surface area (Å²) in [6, 6.07) is 11.2. The van der Waals surface area contributed by atoms with E-state index in [1.54, 1.807) is 6.07 Å². The lowest BCUT2D eigenvalue weighted by molar-refractivity contribution is -0.120. The van der Waals surface area contributed by atoms with Gasteiger partial charge in [0, 0.05) is 18.5 Å². The van der Waals surface area contributed by atoms with Crippen LogP contribution in [0.4, 0.5) is 0 Å². The Labute approximate surface area is 135 Å². The van der Waals surface area contributed by atoms with Gasteiger partial charge in [-0.3, -0.25) is 9.59 Å². The summed E-state index contributed by atoms with van der Waals surface area (Å²) in [7, 11) is 0. The molecule has 1 N–H and O–H groups in total. The van der Waals surface area contributed by atoms with Crippen LogP contribution in [0, 0.1) is 6.92 Å². The largest absolute Gasteiger partial charge is 0.354 e. The Hall–Kier alpha value is -2.43. The van der Waals surface area contributed by atoms with Gasteiger partial charge in [0.15, 0.2) is 0 Å². The Balaban J connectivity index is 1.53. The lowest BCUT2D eigenvalue weighted by Gasteiger charge is -2.09. The zero-order valence-corrected chi connectivity index (χ0v) is 13.3. The number of aromatic nitrogens is 2. The monoisotopic (exact) mass is 311 g/mol. The van der Waals surface area contributed by atoms with Crippen LogP contribution in [-0.2, 0) is 17.8 Å². The van der Waals surface area contributed by atoms with Gasteiger partial charge in [-0.15, -0.1) is 0 Å². The van der Waals surface area contributed by atoms with Gasteiger partial charge in [0.05, 0.1) is 18.7 Å². The molecule has 1 fully saturated rings. The maximum atomic E-state index is 12.0. The summed E-state index contributed by atoms with van der Waals surface area (Å²) >= 11 is 0. The van der Waals surface area contributed by atoms with Crippen molar-refractivity contribution in [3.63, 3.8) is 0 Å². The molecule has 5 heteroatoms. The first kappa shape index (κ1) is 15.5. The summed E-state index contributed by atoms with van der Waals surface area (Å²) in [5, 5.41) is 7.24. The fraction of sp³-hybridized carbons (Fsp3) is 0.389. The van der Waals surface area contributed by atoms with Crippen LogP contribution in [0.15, 0.2) is 41.2 Å². The van der Waals surface area contributed by atoms with Crippen LogP contribution in [0.3, 0.4) is 0 Å². The third kappa shape index (κ3) is 4.06. The first-order chi connectivity index (χ1) is 11.1. The van der Waals surface area contributed by atoms with Crippen LogP contribution in [0.2, 0.25) is 0 Å². The molecule has 120 valence electrons. The van der Waals surface area contributed by atoms with E-state index in [9.17, 15) is 9.59 Å². The van der Waals surface area contributed by atoms with Gasteiger partial charge in [-0.1, -0.05) is 24.3 Å². The Morgan fingerprint density at radius 2 is 2.04 bits per heavy atom. The maximum Gasteiger partial charge on any atom is 0.266 e. The topological polar surface area (TPSA) is 64.0 Å². The lowest BCUT2D eigenvalue weighted by Crippen LogP contribution is -2.33. The molecule has 1 heterocycles. The number of nitrogens with zero attached hydrogens (tertiary/aromatic N) is 2. The van der Waals surface area contributed by atoms with E-state index in [1.165, 1.54) is 4.68 Å². The van der Waals surface area contributed by atoms with Crippen LogP contribution in [0.5, 0.6) is 0 Å². The van der Waals surface area contributed by atoms with Crippen LogP contribution < -0.4 is 10.9 Å². The van der Waals surface area contributed by atoms with Gasteiger partial charge in [-0.05, 0) is 37.0 Å². The van der Waals surface area contributed by atoms with E-state index in [4.69, 9.17) is 0 Å². The van der Waals surface area contributed by atoms with E-state index in [0.717, 1.165) is 29.7 Å². The third-order valence-corrected chi connectivity index (χ3v) is 4.14. The highest BCUT2D eigenvalue weighted by Crippen LogP contribution is 2.38. The number of amides is 1. The van der Waals surface area contributed by atoms with Crippen molar-refractivity contribution in [1.29, 1.82) is 0 Å². The minimum Gasteiger partial charge on any atom is -0.354 e. The number of nitrogens with one attached hydrogen (secondary N) is 1. The fourth-order valence-corrected chi connectivity index (χ4v) is 2.57. The predicted octanol–water partition coefficient (Wildman–Crippen LogP) is 1.79. The van der Waals surface area contributed by atoms with Crippen molar-refractivity contribution in [2.24, 2.45) is 0 Å². The molecule has 5 nitrogen and oxygen atoms in total. The van der Waals surface area contributed by atoms with Gasteiger partial charge in [-0.25, -0.2) is 4.68 Å². The first-order valence-electron chi connectivity index (χ1n) is 8.03.